The molecule has 0 unspecified atom stereocenters. The number of nitrogens with zero attached hydrogens (tertiary/aromatic N) is 4. The van der Waals surface area contributed by atoms with E-state index in [0.717, 1.165) is 11.4 Å². The van der Waals surface area contributed by atoms with Crippen molar-refractivity contribution >= 4 is 22.4 Å². The maximum Gasteiger partial charge on any atom is 0.261 e. The summed E-state index contributed by atoms with van der Waals surface area (Å²) in [6.07, 6.45) is 0.827. The van der Waals surface area contributed by atoms with Crippen LogP contribution in [0.5, 0.6) is 0 Å². The second kappa shape index (κ2) is 7.33. The number of nitrogens with one attached hydrogen (secondary N) is 1. The standard InChI is InChI=1S/C18H20FN5OS/c1-10(2)9-15-21-22-18(26-15)20-17(25)16-11(3)23-24(12(16)4)14-7-5-13(19)6-8-14/h5-8,10H,9H2,1-4H3,(H,20,22,25). The van der Waals surface area contributed by atoms with E-state index in [1.165, 1.54) is 23.5 Å². The molecule has 1 N–H and O–H groups in total. The van der Waals surface area contributed by atoms with Gasteiger partial charge in [-0.3, -0.25) is 10.1 Å². The Morgan fingerprint density at radius 1 is 1.23 bits per heavy atom. The number of aromatic nitrogens is 4. The molecule has 0 aliphatic heterocycles. The quantitative estimate of drug-likeness (QED) is 0.735. The third-order valence-electron chi connectivity index (χ3n) is 3.86. The second-order valence-electron chi connectivity index (χ2n) is 6.49. The van der Waals surface area contributed by atoms with Gasteiger partial charge in [0.2, 0.25) is 5.13 Å². The number of hydrogen-bond donors (Lipinski definition) is 1. The molecule has 1 amide bonds. The van der Waals surface area contributed by atoms with E-state index in [0.29, 0.717) is 33.7 Å². The maximum absolute atomic E-state index is 13.1. The number of hydrogen-bond acceptors (Lipinski definition) is 5. The van der Waals surface area contributed by atoms with Crippen LogP contribution in [-0.4, -0.2) is 25.9 Å². The van der Waals surface area contributed by atoms with Gasteiger partial charge in [0, 0.05) is 6.42 Å². The van der Waals surface area contributed by atoms with Gasteiger partial charge in [0.25, 0.3) is 5.91 Å². The summed E-state index contributed by atoms with van der Waals surface area (Å²) in [7, 11) is 0. The molecule has 0 atom stereocenters. The summed E-state index contributed by atoms with van der Waals surface area (Å²) in [5.41, 5.74) is 2.45. The number of carbonyl (C=O) groups is 1. The van der Waals surface area contributed by atoms with E-state index in [4.69, 9.17) is 0 Å². The average molecular weight is 373 g/mol. The van der Waals surface area contributed by atoms with Crippen molar-refractivity contribution in [2.45, 2.75) is 34.1 Å². The molecule has 8 heteroatoms. The van der Waals surface area contributed by atoms with Crippen molar-refractivity contribution in [3.8, 4) is 5.69 Å². The molecular formula is C18H20FN5OS. The Hall–Kier alpha value is -2.61. The predicted molar refractivity (Wildman–Crippen MR) is 99.4 cm³/mol. The molecule has 0 saturated carbocycles. The Morgan fingerprint density at radius 3 is 2.58 bits per heavy atom. The summed E-state index contributed by atoms with van der Waals surface area (Å²) >= 11 is 1.38. The minimum atomic E-state index is -0.318. The Kier molecular flexibility index (Phi) is 5.13. The van der Waals surface area contributed by atoms with Gasteiger partial charge < -0.3 is 0 Å². The number of aryl methyl sites for hydroxylation is 1. The van der Waals surface area contributed by atoms with E-state index in [1.807, 2.05) is 6.92 Å². The molecule has 0 spiro atoms. The van der Waals surface area contributed by atoms with Gasteiger partial charge in [-0.1, -0.05) is 25.2 Å². The molecule has 3 aromatic rings. The molecule has 6 nitrogen and oxygen atoms in total. The predicted octanol–water partition coefficient (Wildman–Crippen LogP) is 3.93. The zero-order chi connectivity index (χ0) is 18.8. The van der Waals surface area contributed by atoms with Crippen LogP contribution in [0.1, 0.15) is 40.6 Å². The van der Waals surface area contributed by atoms with Crippen molar-refractivity contribution in [3.05, 3.63) is 52.0 Å². The van der Waals surface area contributed by atoms with Crippen LogP contribution in [0.3, 0.4) is 0 Å². The third-order valence-corrected chi connectivity index (χ3v) is 4.72. The van der Waals surface area contributed by atoms with Crippen LogP contribution in [0.4, 0.5) is 9.52 Å². The Bertz CT molecular complexity index is 930. The highest BCUT2D eigenvalue weighted by Gasteiger charge is 2.21. The smallest absolute Gasteiger partial charge is 0.261 e. The van der Waals surface area contributed by atoms with E-state index in [-0.39, 0.29) is 11.7 Å². The Balaban J connectivity index is 1.83. The average Bonchev–Trinajstić information content (AvgIpc) is 3.11. The first-order valence-electron chi connectivity index (χ1n) is 8.31. The van der Waals surface area contributed by atoms with Crippen molar-refractivity contribution in [2.24, 2.45) is 5.92 Å². The fourth-order valence-corrected chi connectivity index (χ4v) is 3.65. The lowest BCUT2D eigenvalue weighted by Crippen LogP contribution is -2.14. The first-order chi connectivity index (χ1) is 12.3. The van der Waals surface area contributed by atoms with Crippen LogP contribution in [0.2, 0.25) is 0 Å². The minimum Gasteiger partial charge on any atom is -0.296 e. The normalized spacial score (nSPS) is 11.2. The van der Waals surface area contributed by atoms with Crippen molar-refractivity contribution < 1.29 is 9.18 Å². The third kappa shape index (κ3) is 3.80. The van der Waals surface area contributed by atoms with Crippen LogP contribution in [0.25, 0.3) is 5.69 Å². The Morgan fingerprint density at radius 2 is 1.92 bits per heavy atom. The van der Waals surface area contributed by atoms with Gasteiger partial charge in [0.05, 0.1) is 22.6 Å². The van der Waals surface area contributed by atoms with Crippen LogP contribution in [0.15, 0.2) is 24.3 Å². The van der Waals surface area contributed by atoms with Crippen LogP contribution >= 0.6 is 11.3 Å². The van der Waals surface area contributed by atoms with Crippen molar-refractivity contribution in [1.29, 1.82) is 0 Å². The largest absolute Gasteiger partial charge is 0.296 e. The van der Waals surface area contributed by atoms with Crippen molar-refractivity contribution in [1.82, 2.24) is 20.0 Å². The molecule has 2 aromatic heterocycles. The molecule has 136 valence electrons. The lowest BCUT2D eigenvalue weighted by molar-refractivity contribution is 0.102. The topological polar surface area (TPSA) is 72.7 Å². The molecule has 0 aliphatic rings. The van der Waals surface area contributed by atoms with Crippen molar-refractivity contribution in [2.75, 3.05) is 5.32 Å². The number of amides is 1. The van der Waals surface area contributed by atoms with Crippen molar-refractivity contribution in [3.63, 3.8) is 0 Å². The SMILES string of the molecule is Cc1nn(-c2ccc(F)cc2)c(C)c1C(=O)Nc1nnc(CC(C)C)s1. The summed E-state index contributed by atoms with van der Waals surface area (Å²) in [6, 6.07) is 5.98. The zero-order valence-electron chi connectivity index (χ0n) is 15.1. The molecule has 0 radical (unpaired) electrons. The number of carbonyl (C=O) groups excluding carboxylic acids is 1. The summed E-state index contributed by atoms with van der Waals surface area (Å²) in [5.74, 6) is -0.118. The highest BCUT2D eigenvalue weighted by Crippen LogP contribution is 2.22. The van der Waals surface area contributed by atoms with Crippen LogP contribution in [0, 0.1) is 25.6 Å². The number of anilines is 1. The molecule has 3 rings (SSSR count). The highest BCUT2D eigenvalue weighted by molar-refractivity contribution is 7.15. The molecule has 1 aromatic carbocycles. The lowest BCUT2D eigenvalue weighted by atomic mass is 10.1. The summed E-state index contributed by atoms with van der Waals surface area (Å²) < 4.78 is 14.8. The molecular weight excluding hydrogens is 353 g/mol. The molecule has 26 heavy (non-hydrogen) atoms. The molecule has 0 saturated heterocycles. The number of rotatable bonds is 5. The molecule has 0 bridgehead atoms. The Labute approximate surface area is 155 Å². The van der Waals surface area contributed by atoms with E-state index < -0.39 is 0 Å². The molecule has 2 heterocycles. The lowest BCUT2D eigenvalue weighted by Gasteiger charge is -2.05. The first kappa shape index (κ1) is 18.2. The van der Waals surface area contributed by atoms with Gasteiger partial charge in [0.1, 0.15) is 10.8 Å². The zero-order valence-corrected chi connectivity index (χ0v) is 15.9. The summed E-state index contributed by atoms with van der Waals surface area (Å²) in [5, 5.41) is 16.7. The van der Waals surface area contributed by atoms with Gasteiger partial charge in [-0.05, 0) is 44.0 Å². The summed E-state index contributed by atoms with van der Waals surface area (Å²) in [4.78, 5) is 12.7. The van der Waals surface area contributed by atoms with E-state index in [9.17, 15) is 9.18 Å². The minimum absolute atomic E-state index is 0.277. The second-order valence-corrected chi connectivity index (χ2v) is 7.55. The molecule has 0 aliphatic carbocycles. The van der Waals surface area contributed by atoms with E-state index in [2.05, 4.69) is 34.5 Å². The van der Waals surface area contributed by atoms with Gasteiger partial charge in [-0.25, -0.2) is 9.07 Å². The van der Waals surface area contributed by atoms with Gasteiger partial charge in [-0.15, -0.1) is 10.2 Å². The van der Waals surface area contributed by atoms with E-state index in [1.54, 1.807) is 23.7 Å². The maximum atomic E-state index is 13.1. The number of benzene rings is 1. The summed E-state index contributed by atoms with van der Waals surface area (Å²) in [6.45, 7) is 7.79. The first-order valence-corrected chi connectivity index (χ1v) is 9.12. The van der Waals surface area contributed by atoms with Crippen LogP contribution < -0.4 is 5.32 Å². The molecule has 0 fully saturated rings. The van der Waals surface area contributed by atoms with Gasteiger partial charge in [-0.2, -0.15) is 5.10 Å². The fourth-order valence-electron chi connectivity index (χ4n) is 2.70. The van der Waals surface area contributed by atoms with Gasteiger partial charge in [0.15, 0.2) is 0 Å². The fraction of sp³-hybridized carbons (Fsp3) is 0.333. The highest BCUT2D eigenvalue weighted by atomic mass is 32.1. The monoisotopic (exact) mass is 373 g/mol. The number of halogens is 1. The van der Waals surface area contributed by atoms with E-state index >= 15 is 0 Å². The van der Waals surface area contributed by atoms with Gasteiger partial charge >= 0.3 is 0 Å². The van der Waals surface area contributed by atoms with Crippen LogP contribution in [-0.2, 0) is 6.42 Å².